The lowest BCUT2D eigenvalue weighted by Gasteiger charge is -2.05. The van der Waals surface area contributed by atoms with E-state index in [0.29, 0.717) is 12.2 Å². The third-order valence-electron chi connectivity index (χ3n) is 2.43. The SMILES string of the molecule is N#CCCN/C=C(/C#N)C(=O)Nc1ccc(S(N)(=O)=O)cc1. The molecule has 1 rings (SSSR count). The molecule has 0 saturated carbocycles. The molecule has 0 aliphatic rings. The Balaban J connectivity index is 2.75. The summed E-state index contributed by atoms with van der Waals surface area (Å²) in [6, 6.07) is 8.83. The van der Waals surface area contributed by atoms with Crippen molar-refractivity contribution < 1.29 is 13.2 Å². The third kappa shape index (κ3) is 5.25. The highest BCUT2D eigenvalue weighted by atomic mass is 32.2. The molecule has 0 aromatic heterocycles. The van der Waals surface area contributed by atoms with Crippen molar-refractivity contribution in [1.82, 2.24) is 5.32 Å². The zero-order valence-electron chi connectivity index (χ0n) is 11.4. The molecule has 22 heavy (non-hydrogen) atoms. The van der Waals surface area contributed by atoms with Crippen LogP contribution in [0.3, 0.4) is 0 Å². The van der Waals surface area contributed by atoms with Crippen LogP contribution in [-0.2, 0) is 14.8 Å². The summed E-state index contributed by atoms with van der Waals surface area (Å²) < 4.78 is 22.2. The molecule has 1 aromatic rings. The Morgan fingerprint density at radius 2 is 1.91 bits per heavy atom. The fourth-order valence-corrected chi connectivity index (χ4v) is 1.89. The maximum atomic E-state index is 11.8. The van der Waals surface area contributed by atoms with E-state index in [-0.39, 0.29) is 16.9 Å². The zero-order chi connectivity index (χ0) is 16.6. The standard InChI is InChI=1S/C13H13N5O3S/c14-6-1-7-17-9-10(8-15)13(19)18-11-2-4-12(5-3-11)22(16,20)21/h2-5,9,17H,1,7H2,(H,18,19)(H2,16,20,21)/b10-9-. The summed E-state index contributed by atoms with van der Waals surface area (Å²) in [5.74, 6) is -0.657. The molecule has 1 aromatic carbocycles. The molecule has 0 spiro atoms. The predicted octanol–water partition coefficient (Wildman–Crippen LogP) is 0.183. The molecular weight excluding hydrogens is 306 g/mol. The van der Waals surface area contributed by atoms with Crippen molar-refractivity contribution in [2.45, 2.75) is 11.3 Å². The molecule has 8 nitrogen and oxygen atoms in total. The zero-order valence-corrected chi connectivity index (χ0v) is 12.2. The minimum absolute atomic E-state index is 0.0836. The van der Waals surface area contributed by atoms with Gasteiger partial charge in [0, 0.05) is 18.4 Å². The number of benzene rings is 1. The normalized spacial score (nSPS) is 11.1. The summed E-state index contributed by atoms with van der Waals surface area (Å²) in [6.07, 6.45) is 1.46. The average Bonchev–Trinajstić information content (AvgIpc) is 2.47. The summed E-state index contributed by atoms with van der Waals surface area (Å²) in [5.41, 5.74) is 0.143. The van der Waals surface area contributed by atoms with Crippen molar-refractivity contribution >= 4 is 21.6 Å². The lowest BCUT2D eigenvalue weighted by atomic mass is 10.2. The van der Waals surface area contributed by atoms with Gasteiger partial charge in [0.1, 0.15) is 11.6 Å². The van der Waals surface area contributed by atoms with Crippen LogP contribution in [0.4, 0.5) is 5.69 Å². The van der Waals surface area contributed by atoms with E-state index in [4.69, 9.17) is 15.7 Å². The van der Waals surface area contributed by atoms with Crippen LogP contribution in [0.1, 0.15) is 6.42 Å². The molecule has 1 amide bonds. The molecule has 114 valence electrons. The van der Waals surface area contributed by atoms with Gasteiger partial charge in [-0.25, -0.2) is 13.6 Å². The lowest BCUT2D eigenvalue weighted by Crippen LogP contribution is -2.17. The monoisotopic (exact) mass is 319 g/mol. The van der Waals surface area contributed by atoms with Gasteiger partial charge in [0.2, 0.25) is 10.0 Å². The van der Waals surface area contributed by atoms with Gasteiger partial charge >= 0.3 is 0 Å². The Bertz CT molecular complexity index is 754. The molecule has 0 saturated heterocycles. The Morgan fingerprint density at radius 1 is 1.27 bits per heavy atom. The van der Waals surface area contributed by atoms with Crippen LogP contribution < -0.4 is 15.8 Å². The quantitative estimate of drug-likeness (QED) is 0.387. The number of hydrogen-bond acceptors (Lipinski definition) is 6. The van der Waals surface area contributed by atoms with Gasteiger partial charge in [-0.3, -0.25) is 4.79 Å². The number of carbonyl (C=O) groups excluding carboxylic acids is 1. The number of amides is 1. The average molecular weight is 319 g/mol. The molecule has 0 radical (unpaired) electrons. The lowest BCUT2D eigenvalue weighted by molar-refractivity contribution is -0.112. The largest absolute Gasteiger partial charge is 0.389 e. The van der Waals surface area contributed by atoms with Crippen LogP contribution >= 0.6 is 0 Å². The number of nitrogens with zero attached hydrogens (tertiary/aromatic N) is 2. The first-order chi connectivity index (χ1) is 10.4. The number of nitriles is 2. The van der Waals surface area contributed by atoms with E-state index >= 15 is 0 Å². The molecule has 0 bridgehead atoms. The molecule has 0 fully saturated rings. The molecule has 0 aliphatic carbocycles. The highest BCUT2D eigenvalue weighted by Gasteiger charge is 2.11. The minimum Gasteiger partial charge on any atom is -0.389 e. The second-order valence-corrected chi connectivity index (χ2v) is 5.62. The van der Waals surface area contributed by atoms with Crippen LogP contribution in [0.2, 0.25) is 0 Å². The number of nitrogens with two attached hydrogens (primary N) is 1. The molecule has 9 heteroatoms. The number of carbonyl (C=O) groups is 1. The topological polar surface area (TPSA) is 149 Å². The van der Waals surface area contributed by atoms with Crippen LogP contribution in [0.5, 0.6) is 0 Å². The van der Waals surface area contributed by atoms with Crippen LogP contribution in [0.15, 0.2) is 40.9 Å². The highest BCUT2D eigenvalue weighted by molar-refractivity contribution is 7.89. The van der Waals surface area contributed by atoms with Crippen LogP contribution in [0, 0.1) is 22.7 Å². The van der Waals surface area contributed by atoms with Crippen molar-refractivity contribution in [2.75, 3.05) is 11.9 Å². The Labute approximate surface area is 127 Å². The van der Waals surface area contributed by atoms with Gasteiger partial charge in [0.25, 0.3) is 5.91 Å². The molecule has 0 heterocycles. The Morgan fingerprint density at radius 3 is 2.41 bits per heavy atom. The number of nitrogens with one attached hydrogen (secondary N) is 2. The highest BCUT2D eigenvalue weighted by Crippen LogP contribution is 2.13. The number of anilines is 1. The van der Waals surface area contributed by atoms with Gasteiger partial charge in [-0.2, -0.15) is 10.5 Å². The van der Waals surface area contributed by atoms with E-state index in [0.717, 1.165) is 0 Å². The molecular formula is C13H13N5O3S. The van der Waals surface area contributed by atoms with Gasteiger partial charge < -0.3 is 10.6 Å². The van der Waals surface area contributed by atoms with Crippen molar-refractivity contribution in [2.24, 2.45) is 5.14 Å². The van der Waals surface area contributed by atoms with Crippen LogP contribution in [0.25, 0.3) is 0 Å². The van der Waals surface area contributed by atoms with Crippen LogP contribution in [-0.4, -0.2) is 20.9 Å². The molecule has 4 N–H and O–H groups in total. The second kappa shape index (κ2) is 7.78. The summed E-state index contributed by atoms with van der Waals surface area (Å²) >= 11 is 0. The predicted molar refractivity (Wildman–Crippen MR) is 78.4 cm³/mol. The van der Waals surface area contributed by atoms with Gasteiger partial charge in [0.05, 0.1) is 17.4 Å². The summed E-state index contributed by atoms with van der Waals surface area (Å²) in [5, 5.41) is 27.3. The first-order valence-electron chi connectivity index (χ1n) is 6.03. The Hall–Kier alpha value is -2.88. The summed E-state index contributed by atoms with van der Waals surface area (Å²) in [6.45, 7) is 0.317. The van der Waals surface area contributed by atoms with Gasteiger partial charge in [-0.05, 0) is 24.3 Å². The number of sulfonamides is 1. The van der Waals surface area contributed by atoms with E-state index < -0.39 is 15.9 Å². The fourth-order valence-electron chi connectivity index (χ4n) is 1.38. The molecule has 0 aliphatic heterocycles. The van der Waals surface area contributed by atoms with Gasteiger partial charge in [0.15, 0.2) is 0 Å². The van der Waals surface area contributed by atoms with Gasteiger partial charge in [-0.15, -0.1) is 0 Å². The maximum Gasteiger partial charge on any atom is 0.267 e. The maximum absolute atomic E-state index is 11.8. The summed E-state index contributed by atoms with van der Waals surface area (Å²) in [4.78, 5) is 11.8. The van der Waals surface area contributed by atoms with E-state index in [2.05, 4.69) is 10.6 Å². The fraction of sp³-hybridized carbons (Fsp3) is 0.154. The number of rotatable bonds is 6. The van der Waals surface area contributed by atoms with E-state index in [1.165, 1.54) is 30.5 Å². The van der Waals surface area contributed by atoms with Crippen molar-refractivity contribution in [3.63, 3.8) is 0 Å². The third-order valence-corrected chi connectivity index (χ3v) is 3.36. The van der Waals surface area contributed by atoms with E-state index in [1.807, 2.05) is 6.07 Å². The second-order valence-electron chi connectivity index (χ2n) is 4.06. The molecule has 0 atom stereocenters. The first-order valence-corrected chi connectivity index (χ1v) is 7.58. The van der Waals surface area contributed by atoms with E-state index in [9.17, 15) is 13.2 Å². The first kappa shape index (κ1) is 17.2. The molecule has 0 unspecified atom stereocenters. The number of primary sulfonamides is 1. The van der Waals surface area contributed by atoms with Gasteiger partial charge in [-0.1, -0.05) is 0 Å². The smallest absolute Gasteiger partial charge is 0.267 e. The Kier molecular flexibility index (Phi) is 6.08. The number of hydrogen-bond donors (Lipinski definition) is 3. The minimum atomic E-state index is -3.80. The van der Waals surface area contributed by atoms with Crippen molar-refractivity contribution in [1.29, 1.82) is 10.5 Å². The summed E-state index contributed by atoms with van der Waals surface area (Å²) in [7, 11) is -3.80. The van der Waals surface area contributed by atoms with Crippen molar-refractivity contribution in [3.05, 3.63) is 36.0 Å². The van der Waals surface area contributed by atoms with Crippen molar-refractivity contribution in [3.8, 4) is 12.1 Å². The van der Waals surface area contributed by atoms with E-state index in [1.54, 1.807) is 6.07 Å².